The van der Waals surface area contributed by atoms with Crippen LogP contribution in [-0.2, 0) is 4.79 Å². The molecule has 0 saturated carbocycles. The highest BCUT2D eigenvalue weighted by Crippen LogP contribution is 2.19. The van der Waals surface area contributed by atoms with Crippen LogP contribution in [0.2, 0.25) is 0 Å². The maximum atomic E-state index is 12.3. The lowest BCUT2D eigenvalue weighted by atomic mass is 10.2. The minimum atomic E-state index is -0.989. The number of amides is 2. The normalized spacial score (nSPS) is 11.8. The highest BCUT2D eigenvalue weighted by atomic mass is 16.4. The molecule has 0 bridgehead atoms. The summed E-state index contributed by atoms with van der Waals surface area (Å²) >= 11 is 0. The van der Waals surface area contributed by atoms with E-state index < -0.39 is 12.0 Å². The summed E-state index contributed by atoms with van der Waals surface area (Å²) in [6, 6.07) is 6.35. The Morgan fingerprint density at radius 1 is 1.26 bits per heavy atom. The van der Waals surface area contributed by atoms with E-state index in [1.807, 2.05) is 31.2 Å². The van der Waals surface area contributed by atoms with Crippen molar-refractivity contribution < 1.29 is 14.7 Å². The third kappa shape index (κ3) is 3.24. The third-order valence-corrected chi connectivity index (χ3v) is 3.20. The van der Waals surface area contributed by atoms with Gasteiger partial charge < -0.3 is 10.0 Å². The molecule has 0 spiro atoms. The van der Waals surface area contributed by atoms with Gasteiger partial charge in [0.2, 0.25) is 0 Å². The summed E-state index contributed by atoms with van der Waals surface area (Å²) < 4.78 is 0. The van der Waals surface area contributed by atoms with Crippen molar-refractivity contribution in [1.29, 1.82) is 0 Å². The number of benzene rings is 1. The fourth-order valence-electron chi connectivity index (χ4n) is 2.03. The van der Waals surface area contributed by atoms with Gasteiger partial charge in [0, 0.05) is 19.8 Å². The molecule has 1 aromatic rings. The maximum absolute atomic E-state index is 12.3. The van der Waals surface area contributed by atoms with Gasteiger partial charge in [-0.2, -0.15) is 0 Å². The number of likely N-dealkylation sites (N-methyl/N-ethyl adjacent to an activating group) is 1. The van der Waals surface area contributed by atoms with E-state index >= 15 is 0 Å². The Hall–Kier alpha value is -2.04. The van der Waals surface area contributed by atoms with Gasteiger partial charge in [0.1, 0.15) is 6.04 Å². The van der Waals surface area contributed by atoms with E-state index in [0.717, 1.165) is 11.3 Å². The molecule has 0 fully saturated rings. The van der Waals surface area contributed by atoms with Gasteiger partial charge >= 0.3 is 12.0 Å². The van der Waals surface area contributed by atoms with Crippen LogP contribution in [0.5, 0.6) is 0 Å². The largest absolute Gasteiger partial charge is 0.480 e. The number of nitrogens with zero attached hydrogens (tertiary/aromatic N) is 2. The van der Waals surface area contributed by atoms with Crippen molar-refractivity contribution in [2.75, 3.05) is 19.0 Å². The van der Waals surface area contributed by atoms with Crippen molar-refractivity contribution in [3.63, 3.8) is 0 Å². The molecule has 1 atom stereocenters. The van der Waals surface area contributed by atoms with Gasteiger partial charge in [0.25, 0.3) is 0 Å². The molecular formula is C14H20N2O3. The van der Waals surface area contributed by atoms with Crippen LogP contribution in [-0.4, -0.2) is 42.1 Å². The van der Waals surface area contributed by atoms with E-state index in [-0.39, 0.29) is 6.03 Å². The summed E-state index contributed by atoms with van der Waals surface area (Å²) in [4.78, 5) is 26.1. The monoisotopic (exact) mass is 264 g/mol. The van der Waals surface area contributed by atoms with E-state index in [1.54, 1.807) is 14.0 Å². The zero-order valence-electron chi connectivity index (χ0n) is 11.8. The van der Waals surface area contributed by atoms with Crippen LogP contribution in [0, 0.1) is 6.92 Å². The summed E-state index contributed by atoms with van der Waals surface area (Å²) in [6.45, 7) is 3.66. The number of rotatable bonds is 4. The molecular weight excluding hydrogens is 244 g/mol. The zero-order chi connectivity index (χ0) is 14.6. The number of aliphatic carboxylic acids is 1. The minimum Gasteiger partial charge on any atom is -0.480 e. The Labute approximate surface area is 113 Å². The molecule has 1 rings (SSSR count). The van der Waals surface area contributed by atoms with Crippen molar-refractivity contribution in [1.82, 2.24) is 4.90 Å². The fraction of sp³-hybridized carbons (Fsp3) is 0.429. The van der Waals surface area contributed by atoms with Gasteiger partial charge in [-0.15, -0.1) is 0 Å². The molecule has 104 valence electrons. The first-order valence-corrected chi connectivity index (χ1v) is 6.19. The fourth-order valence-corrected chi connectivity index (χ4v) is 2.03. The molecule has 5 heteroatoms. The Morgan fingerprint density at radius 2 is 1.84 bits per heavy atom. The van der Waals surface area contributed by atoms with Crippen molar-refractivity contribution in [2.24, 2.45) is 0 Å². The third-order valence-electron chi connectivity index (χ3n) is 3.20. The molecule has 0 saturated heterocycles. The number of carbonyl (C=O) groups is 2. The van der Waals surface area contributed by atoms with Crippen molar-refractivity contribution in [3.8, 4) is 0 Å². The van der Waals surface area contributed by atoms with E-state index in [4.69, 9.17) is 5.11 Å². The number of aryl methyl sites for hydroxylation is 1. The average molecular weight is 264 g/mol. The Balaban J connectivity index is 2.94. The zero-order valence-corrected chi connectivity index (χ0v) is 11.8. The Kier molecular flexibility index (Phi) is 4.92. The second-order valence-electron chi connectivity index (χ2n) is 4.50. The molecule has 1 N–H and O–H groups in total. The van der Waals surface area contributed by atoms with E-state index in [2.05, 4.69) is 0 Å². The molecule has 0 aliphatic carbocycles. The summed E-state index contributed by atoms with van der Waals surface area (Å²) in [6.07, 6.45) is 0.374. The van der Waals surface area contributed by atoms with Crippen LogP contribution in [0.25, 0.3) is 0 Å². The smallest absolute Gasteiger partial charge is 0.326 e. The van der Waals surface area contributed by atoms with Crippen LogP contribution in [0.15, 0.2) is 24.3 Å². The first-order chi connectivity index (χ1) is 8.90. The van der Waals surface area contributed by atoms with Crippen LogP contribution < -0.4 is 4.90 Å². The second-order valence-corrected chi connectivity index (χ2v) is 4.50. The van der Waals surface area contributed by atoms with E-state index in [1.165, 1.54) is 16.8 Å². The molecule has 1 unspecified atom stereocenters. The van der Waals surface area contributed by atoms with E-state index in [9.17, 15) is 9.59 Å². The summed E-state index contributed by atoms with van der Waals surface area (Å²) in [7, 11) is 3.16. The maximum Gasteiger partial charge on any atom is 0.326 e. The molecule has 0 aromatic heterocycles. The number of urea groups is 1. The standard InChI is InChI=1S/C14H20N2O3/c1-5-11(13(17)18)15(3)14(19)16(4)12-9-7-6-8-10(12)2/h6-9,11H,5H2,1-4H3,(H,17,18). The highest BCUT2D eigenvalue weighted by Gasteiger charge is 2.27. The number of carbonyl (C=O) groups excluding carboxylic acids is 1. The molecule has 0 aliphatic rings. The topological polar surface area (TPSA) is 60.9 Å². The van der Waals surface area contributed by atoms with E-state index in [0.29, 0.717) is 6.42 Å². The van der Waals surface area contributed by atoms with Gasteiger partial charge in [0.15, 0.2) is 0 Å². The van der Waals surface area contributed by atoms with Crippen LogP contribution in [0.1, 0.15) is 18.9 Å². The van der Waals surface area contributed by atoms with Crippen molar-refractivity contribution >= 4 is 17.7 Å². The van der Waals surface area contributed by atoms with Gasteiger partial charge in [-0.05, 0) is 25.0 Å². The molecule has 19 heavy (non-hydrogen) atoms. The highest BCUT2D eigenvalue weighted by molar-refractivity contribution is 5.94. The molecule has 0 radical (unpaired) electrons. The molecule has 1 aromatic carbocycles. The van der Waals surface area contributed by atoms with Crippen LogP contribution >= 0.6 is 0 Å². The summed E-state index contributed by atoms with van der Waals surface area (Å²) in [5.74, 6) is -0.989. The predicted molar refractivity (Wildman–Crippen MR) is 74.5 cm³/mol. The van der Waals surface area contributed by atoms with Crippen LogP contribution in [0.3, 0.4) is 0 Å². The molecule has 2 amide bonds. The predicted octanol–water partition coefficient (Wildman–Crippen LogP) is 2.35. The number of carboxylic acids is 1. The van der Waals surface area contributed by atoms with Gasteiger partial charge in [0.05, 0.1) is 0 Å². The van der Waals surface area contributed by atoms with Crippen molar-refractivity contribution in [2.45, 2.75) is 26.3 Å². The molecule has 0 aliphatic heterocycles. The van der Waals surface area contributed by atoms with Gasteiger partial charge in [-0.25, -0.2) is 9.59 Å². The molecule has 5 nitrogen and oxygen atoms in total. The lowest BCUT2D eigenvalue weighted by Crippen LogP contribution is -2.47. The lowest BCUT2D eigenvalue weighted by Gasteiger charge is -2.29. The summed E-state index contributed by atoms with van der Waals surface area (Å²) in [5.41, 5.74) is 1.75. The number of hydrogen-bond donors (Lipinski definition) is 1. The quantitative estimate of drug-likeness (QED) is 0.908. The first-order valence-electron chi connectivity index (χ1n) is 6.19. The number of anilines is 1. The first kappa shape index (κ1) is 15.0. The second kappa shape index (κ2) is 6.22. The Morgan fingerprint density at radius 3 is 2.32 bits per heavy atom. The van der Waals surface area contributed by atoms with Gasteiger partial charge in [-0.3, -0.25) is 4.90 Å². The minimum absolute atomic E-state index is 0.330. The lowest BCUT2D eigenvalue weighted by molar-refractivity contribution is -0.141. The number of carboxylic acid groups (broad SMARTS) is 1. The van der Waals surface area contributed by atoms with Crippen LogP contribution in [0.4, 0.5) is 10.5 Å². The van der Waals surface area contributed by atoms with Gasteiger partial charge in [-0.1, -0.05) is 25.1 Å². The summed E-state index contributed by atoms with van der Waals surface area (Å²) in [5, 5.41) is 9.09. The Bertz CT molecular complexity index is 474. The average Bonchev–Trinajstić information content (AvgIpc) is 2.37. The SMILES string of the molecule is CCC(C(=O)O)N(C)C(=O)N(C)c1ccccc1C. The number of hydrogen-bond acceptors (Lipinski definition) is 2. The number of para-hydroxylation sites is 1. The van der Waals surface area contributed by atoms with Crippen molar-refractivity contribution in [3.05, 3.63) is 29.8 Å². The molecule has 0 heterocycles.